The molecule has 0 aliphatic carbocycles. The first-order chi connectivity index (χ1) is 12.5. The largest absolute Gasteiger partial charge is 0.348 e. The fraction of sp³-hybridized carbons (Fsp3) is 0.429. The Morgan fingerprint density at radius 3 is 2.42 bits per heavy atom. The summed E-state index contributed by atoms with van der Waals surface area (Å²) >= 11 is 0. The number of benzene rings is 1. The highest BCUT2D eigenvalue weighted by Gasteiger charge is 2.08. The third kappa shape index (κ3) is 5.05. The Morgan fingerprint density at radius 2 is 1.85 bits per heavy atom. The fourth-order valence-electron chi connectivity index (χ4n) is 3.00. The molecule has 2 aromatic rings. The monoisotopic (exact) mass is 354 g/mol. The van der Waals surface area contributed by atoms with E-state index < -0.39 is 0 Å². The first-order valence-corrected chi connectivity index (χ1v) is 9.21. The number of nitrogens with zero attached hydrogens (tertiary/aromatic N) is 3. The van der Waals surface area contributed by atoms with Crippen LogP contribution < -0.4 is 5.32 Å². The molecule has 140 valence electrons. The van der Waals surface area contributed by atoms with Gasteiger partial charge in [-0.15, -0.1) is 0 Å². The molecule has 5 heteroatoms. The van der Waals surface area contributed by atoms with Crippen molar-refractivity contribution in [2.24, 2.45) is 7.05 Å². The Morgan fingerprint density at radius 1 is 1.19 bits per heavy atom. The molecule has 0 fully saturated rings. The maximum Gasteiger partial charge on any atom is 0.244 e. The molecule has 0 bridgehead atoms. The molecule has 0 radical (unpaired) electrons. The minimum atomic E-state index is -0.0923. The van der Waals surface area contributed by atoms with Crippen LogP contribution >= 0.6 is 0 Å². The van der Waals surface area contributed by atoms with E-state index in [9.17, 15) is 4.79 Å². The molecule has 2 rings (SSSR count). The van der Waals surface area contributed by atoms with Crippen LogP contribution in [0, 0.1) is 13.8 Å². The number of aryl methyl sites for hydroxylation is 2. The molecule has 0 spiro atoms. The van der Waals surface area contributed by atoms with E-state index in [2.05, 4.69) is 47.4 Å². The topological polar surface area (TPSA) is 50.2 Å². The number of carbonyl (C=O) groups is 1. The number of hydrogen-bond donors (Lipinski definition) is 1. The van der Waals surface area contributed by atoms with E-state index in [0.29, 0.717) is 6.54 Å². The molecule has 1 aromatic heterocycles. The molecule has 0 saturated carbocycles. The van der Waals surface area contributed by atoms with E-state index in [1.165, 1.54) is 5.56 Å². The van der Waals surface area contributed by atoms with Crippen molar-refractivity contribution < 1.29 is 4.79 Å². The van der Waals surface area contributed by atoms with Crippen LogP contribution in [0.3, 0.4) is 0 Å². The van der Waals surface area contributed by atoms with E-state index >= 15 is 0 Å². The van der Waals surface area contributed by atoms with Crippen LogP contribution in [0.25, 0.3) is 6.08 Å². The van der Waals surface area contributed by atoms with Gasteiger partial charge in [-0.2, -0.15) is 5.10 Å². The molecular weight excluding hydrogens is 324 g/mol. The zero-order chi connectivity index (χ0) is 19.1. The number of nitrogens with one attached hydrogen (secondary N) is 1. The van der Waals surface area contributed by atoms with Crippen molar-refractivity contribution in [3.05, 3.63) is 58.4 Å². The van der Waals surface area contributed by atoms with Crippen LogP contribution in [0.4, 0.5) is 0 Å². The molecule has 0 atom stereocenters. The standard InChI is InChI=1S/C21H30N4O/c1-6-25(7-2)15-19-11-9-8-10-18(19)14-22-21(26)13-12-20-16(3)23-24(5)17(20)4/h8-13H,6-7,14-15H2,1-5H3,(H,22,26)/b13-12+. The summed E-state index contributed by atoms with van der Waals surface area (Å²) in [4.78, 5) is 14.6. The molecule has 1 aromatic carbocycles. The van der Waals surface area contributed by atoms with Crippen LogP contribution in [-0.4, -0.2) is 33.7 Å². The van der Waals surface area contributed by atoms with Crippen LogP contribution in [0.5, 0.6) is 0 Å². The zero-order valence-corrected chi connectivity index (χ0v) is 16.5. The van der Waals surface area contributed by atoms with Crippen molar-refractivity contribution in [3.8, 4) is 0 Å². The van der Waals surface area contributed by atoms with Gasteiger partial charge in [-0.05, 0) is 44.1 Å². The zero-order valence-electron chi connectivity index (χ0n) is 16.5. The number of aromatic nitrogens is 2. The molecule has 26 heavy (non-hydrogen) atoms. The molecule has 1 amide bonds. The Hall–Kier alpha value is -2.40. The summed E-state index contributed by atoms with van der Waals surface area (Å²) in [5, 5.41) is 7.36. The van der Waals surface area contributed by atoms with Crippen LogP contribution in [-0.2, 0) is 24.9 Å². The van der Waals surface area contributed by atoms with Crippen molar-refractivity contribution in [2.75, 3.05) is 13.1 Å². The maximum atomic E-state index is 12.2. The fourth-order valence-corrected chi connectivity index (χ4v) is 3.00. The van der Waals surface area contributed by atoms with E-state index in [-0.39, 0.29) is 5.91 Å². The van der Waals surface area contributed by atoms with E-state index in [0.717, 1.165) is 42.1 Å². The molecule has 5 nitrogen and oxygen atoms in total. The van der Waals surface area contributed by atoms with Crippen molar-refractivity contribution in [3.63, 3.8) is 0 Å². The summed E-state index contributed by atoms with van der Waals surface area (Å²) in [7, 11) is 1.91. The number of hydrogen-bond acceptors (Lipinski definition) is 3. The number of rotatable bonds is 8. The first kappa shape index (κ1) is 19.9. The number of amides is 1. The van der Waals surface area contributed by atoms with Gasteiger partial charge >= 0.3 is 0 Å². The summed E-state index contributed by atoms with van der Waals surface area (Å²) < 4.78 is 1.83. The molecule has 0 aliphatic rings. The molecule has 0 unspecified atom stereocenters. The van der Waals surface area contributed by atoms with Gasteiger partial charge < -0.3 is 5.32 Å². The second-order valence-corrected chi connectivity index (χ2v) is 6.49. The Bertz CT molecular complexity index is 772. The lowest BCUT2D eigenvalue weighted by Crippen LogP contribution is -2.25. The van der Waals surface area contributed by atoms with E-state index in [4.69, 9.17) is 0 Å². The lowest BCUT2D eigenvalue weighted by atomic mass is 10.1. The summed E-state index contributed by atoms with van der Waals surface area (Å²) in [6.07, 6.45) is 3.43. The van der Waals surface area contributed by atoms with Crippen molar-refractivity contribution in [1.82, 2.24) is 20.0 Å². The van der Waals surface area contributed by atoms with Crippen LogP contribution in [0.15, 0.2) is 30.3 Å². The predicted octanol–water partition coefficient (Wildman–Crippen LogP) is 3.21. The Kier molecular flexibility index (Phi) is 7.16. The summed E-state index contributed by atoms with van der Waals surface area (Å²) in [5.41, 5.74) is 5.41. The van der Waals surface area contributed by atoms with Gasteiger partial charge in [0.15, 0.2) is 0 Å². The predicted molar refractivity (Wildman–Crippen MR) is 107 cm³/mol. The Balaban J connectivity index is 2.00. The lowest BCUT2D eigenvalue weighted by molar-refractivity contribution is -0.116. The third-order valence-corrected chi connectivity index (χ3v) is 4.83. The highest BCUT2D eigenvalue weighted by atomic mass is 16.1. The maximum absolute atomic E-state index is 12.2. The molecule has 1 N–H and O–H groups in total. The highest BCUT2D eigenvalue weighted by molar-refractivity contribution is 5.92. The Labute approximate surface area is 156 Å². The van der Waals surface area contributed by atoms with Gasteiger partial charge in [0.1, 0.15) is 0 Å². The van der Waals surface area contributed by atoms with Gasteiger partial charge in [0.2, 0.25) is 5.91 Å². The van der Waals surface area contributed by atoms with Crippen molar-refractivity contribution >= 4 is 12.0 Å². The van der Waals surface area contributed by atoms with Gasteiger partial charge in [0.25, 0.3) is 0 Å². The molecular formula is C21H30N4O. The van der Waals surface area contributed by atoms with Gasteiger partial charge in [-0.1, -0.05) is 38.1 Å². The minimum absolute atomic E-state index is 0.0923. The van der Waals surface area contributed by atoms with Gasteiger partial charge in [-0.25, -0.2) is 0 Å². The smallest absolute Gasteiger partial charge is 0.244 e. The van der Waals surface area contributed by atoms with Crippen LogP contribution in [0.1, 0.15) is 41.9 Å². The number of carbonyl (C=O) groups excluding carboxylic acids is 1. The normalized spacial score (nSPS) is 11.5. The summed E-state index contributed by atoms with van der Waals surface area (Å²) in [6, 6.07) is 8.29. The van der Waals surface area contributed by atoms with Crippen molar-refractivity contribution in [2.45, 2.75) is 40.8 Å². The van der Waals surface area contributed by atoms with E-state index in [1.54, 1.807) is 6.08 Å². The van der Waals surface area contributed by atoms with Crippen molar-refractivity contribution in [1.29, 1.82) is 0 Å². The molecule has 0 saturated heterocycles. The van der Waals surface area contributed by atoms with Crippen LogP contribution in [0.2, 0.25) is 0 Å². The molecule has 0 aliphatic heterocycles. The highest BCUT2D eigenvalue weighted by Crippen LogP contribution is 2.14. The quantitative estimate of drug-likeness (QED) is 0.741. The van der Waals surface area contributed by atoms with Gasteiger partial charge in [0.05, 0.1) is 5.69 Å². The summed E-state index contributed by atoms with van der Waals surface area (Å²) in [6.45, 7) is 11.8. The second kappa shape index (κ2) is 9.34. The van der Waals surface area contributed by atoms with Gasteiger partial charge in [0, 0.05) is 37.5 Å². The lowest BCUT2D eigenvalue weighted by Gasteiger charge is -2.20. The average molecular weight is 354 g/mol. The SMILES string of the molecule is CCN(CC)Cc1ccccc1CNC(=O)/C=C/c1c(C)nn(C)c1C. The third-order valence-electron chi connectivity index (χ3n) is 4.83. The van der Waals surface area contributed by atoms with E-state index in [1.807, 2.05) is 37.7 Å². The van der Waals surface area contributed by atoms with Gasteiger partial charge in [-0.3, -0.25) is 14.4 Å². The second-order valence-electron chi connectivity index (χ2n) is 6.49. The average Bonchev–Trinajstić information content (AvgIpc) is 2.88. The summed E-state index contributed by atoms with van der Waals surface area (Å²) in [5.74, 6) is -0.0923. The molecule has 1 heterocycles. The first-order valence-electron chi connectivity index (χ1n) is 9.21. The minimum Gasteiger partial charge on any atom is -0.348 e.